The second-order valence-electron chi connectivity index (χ2n) is 4.53. The minimum atomic E-state index is -0.135. The first-order chi connectivity index (χ1) is 9.25. The standard InChI is InChI=1S/C14H14N2O2S/c1-16(14-15-6-7-19-14)13(17)11-8-10-4-2-3-5-12(10)18-9-11/h2-7,11H,8-9H2,1H3. The molecule has 0 N–H and O–H groups in total. The largest absolute Gasteiger partial charge is 0.492 e. The number of fused-ring (bicyclic) bond motifs is 1. The Morgan fingerprint density at radius 1 is 1.47 bits per heavy atom. The van der Waals surface area contributed by atoms with E-state index in [9.17, 15) is 4.79 Å². The van der Waals surface area contributed by atoms with Crippen molar-refractivity contribution in [3.8, 4) is 5.75 Å². The Labute approximate surface area is 115 Å². The molecule has 2 heterocycles. The van der Waals surface area contributed by atoms with Crippen molar-refractivity contribution >= 4 is 22.4 Å². The number of nitrogens with zero attached hydrogens (tertiary/aromatic N) is 2. The number of carbonyl (C=O) groups is 1. The number of hydrogen-bond donors (Lipinski definition) is 0. The summed E-state index contributed by atoms with van der Waals surface area (Å²) in [5.41, 5.74) is 1.10. The van der Waals surface area contributed by atoms with Crippen molar-refractivity contribution in [2.75, 3.05) is 18.6 Å². The maximum absolute atomic E-state index is 12.4. The van der Waals surface area contributed by atoms with Crippen molar-refractivity contribution in [3.05, 3.63) is 41.4 Å². The fourth-order valence-electron chi connectivity index (χ4n) is 2.24. The monoisotopic (exact) mass is 274 g/mol. The molecule has 0 aliphatic carbocycles. The van der Waals surface area contributed by atoms with Gasteiger partial charge in [0.25, 0.3) is 0 Å². The van der Waals surface area contributed by atoms with Crippen LogP contribution in [0.2, 0.25) is 0 Å². The molecule has 1 aromatic carbocycles. The molecular weight excluding hydrogens is 260 g/mol. The summed E-state index contributed by atoms with van der Waals surface area (Å²) in [7, 11) is 1.77. The number of para-hydroxylation sites is 1. The van der Waals surface area contributed by atoms with Crippen molar-refractivity contribution < 1.29 is 9.53 Å². The van der Waals surface area contributed by atoms with Crippen LogP contribution in [0.25, 0.3) is 0 Å². The number of carbonyl (C=O) groups excluding carboxylic acids is 1. The number of hydrogen-bond acceptors (Lipinski definition) is 4. The van der Waals surface area contributed by atoms with E-state index < -0.39 is 0 Å². The quantitative estimate of drug-likeness (QED) is 0.844. The van der Waals surface area contributed by atoms with Gasteiger partial charge in [0, 0.05) is 18.6 Å². The van der Waals surface area contributed by atoms with Crippen LogP contribution in [0.1, 0.15) is 5.56 Å². The minimum Gasteiger partial charge on any atom is -0.492 e. The summed E-state index contributed by atoms with van der Waals surface area (Å²) >= 11 is 1.46. The smallest absolute Gasteiger partial charge is 0.235 e. The van der Waals surface area contributed by atoms with Gasteiger partial charge in [-0.1, -0.05) is 18.2 Å². The van der Waals surface area contributed by atoms with E-state index in [-0.39, 0.29) is 11.8 Å². The zero-order valence-electron chi connectivity index (χ0n) is 10.6. The van der Waals surface area contributed by atoms with Gasteiger partial charge >= 0.3 is 0 Å². The van der Waals surface area contributed by atoms with Gasteiger partial charge in [0.15, 0.2) is 5.13 Å². The van der Waals surface area contributed by atoms with Crippen molar-refractivity contribution in [3.63, 3.8) is 0 Å². The van der Waals surface area contributed by atoms with Crippen LogP contribution in [0.4, 0.5) is 5.13 Å². The third-order valence-corrected chi connectivity index (χ3v) is 4.11. The molecule has 1 aromatic heterocycles. The van der Waals surface area contributed by atoms with Crippen LogP contribution in [-0.4, -0.2) is 24.5 Å². The molecule has 0 fully saturated rings. The molecule has 1 atom stereocenters. The Kier molecular flexibility index (Phi) is 3.21. The average Bonchev–Trinajstić information content (AvgIpc) is 2.99. The number of ether oxygens (including phenoxy) is 1. The van der Waals surface area contributed by atoms with E-state index in [2.05, 4.69) is 4.98 Å². The molecule has 0 saturated carbocycles. The van der Waals surface area contributed by atoms with Crippen molar-refractivity contribution in [2.24, 2.45) is 5.92 Å². The Balaban J connectivity index is 1.76. The van der Waals surface area contributed by atoms with Gasteiger partial charge in [-0.25, -0.2) is 4.98 Å². The SMILES string of the molecule is CN(C(=O)C1COc2ccccc2C1)c1nccs1. The summed E-state index contributed by atoms with van der Waals surface area (Å²) in [5, 5.41) is 2.59. The molecule has 2 aromatic rings. The predicted molar refractivity (Wildman–Crippen MR) is 74.7 cm³/mol. The topological polar surface area (TPSA) is 42.4 Å². The molecule has 5 heteroatoms. The highest BCUT2D eigenvalue weighted by Crippen LogP contribution is 2.28. The molecule has 1 amide bonds. The number of thiazole rings is 1. The van der Waals surface area contributed by atoms with Gasteiger partial charge in [0.2, 0.25) is 5.91 Å². The molecule has 0 spiro atoms. The fourth-order valence-corrected chi connectivity index (χ4v) is 2.85. The lowest BCUT2D eigenvalue weighted by atomic mass is 9.96. The summed E-state index contributed by atoms with van der Waals surface area (Å²) in [6.45, 7) is 0.436. The molecule has 98 valence electrons. The normalized spacial score (nSPS) is 17.4. The maximum atomic E-state index is 12.4. The lowest BCUT2D eigenvalue weighted by Crippen LogP contribution is -2.38. The van der Waals surface area contributed by atoms with Gasteiger partial charge in [-0.2, -0.15) is 0 Å². The molecular formula is C14H14N2O2S. The second-order valence-corrected chi connectivity index (χ2v) is 5.40. The van der Waals surface area contributed by atoms with Gasteiger partial charge < -0.3 is 4.74 Å². The van der Waals surface area contributed by atoms with Crippen LogP contribution in [0, 0.1) is 5.92 Å². The third-order valence-electron chi connectivity index (χ3n) is 3.26. The number of rotatable bonds is 2. The first kappa shape index (κ1) is 12.2. The Morgan fingerprint density at radius 3 is 3.11 bits per heavy atom. The molecule has 4 nitrogen and oxygen atoms in total. The summed E-state index contributed by atoms with van der Waals surface area (Å²) in [6, 6.07) is 7.88. The van der Waals surface area contributed by atoms with Gasteiger partial charge in [-0.05, 0) is 18.1 Å². The molecule has 0 radical (unpaired) electrons. The van der Waals surface area contributed by atoms with Gasteiger partial charge in [-0.3, -0.25) is 9.69 Å². The summed E-state index contributed by atoms with van der Waals surface area (Å²) in [6.07, 6.45) is 2.43. The molecule has 1 aliphatic heterocycles. The predicted octanol–water partition coefficient (Wildman–Crippen LogP) is 2.36. The van der Waals surface area contributed by atoms with Crippen LogP contribution in [-0.2, 0) is 11.2 Å². The Morgan fingerprint density at radius 2 is 2.32 bits per heavy atom. The molecule has 0 bridgehead atoms. The van der Waals surface area contributed by atoms with E-state index >= 15 is 0 Å². The highest BCUT2D eigenvalue weighted by molar-refractivity contribution is 7.13. The lowest BCUT2D eigenvalue weighted by molar-refractivity contribution is -0.123. The Hall–Kier alpha value is -1.88. The third kappa shape index (κ3) is 2.33. The van der Waals surface area contributed by atoms with E-state index in [1.165, 1.54) is 11.3 Å². The highest BCUT2D eigenvalue weighted by Gasteiger charge is 2.29. The van der Waals surface area contributed by atoms with Gasteiger partial charge in [-0.15, -0.1) is 11.3 Å². The van der Waals surface area contributed by atoms with Crippen LogP contribution >= 0.6 is 11.3 Å². The maximum Gasteiger partial charge on any atom is 0.235 e. The number of benzene rings is 1. The zero-order chi connectivity index (χ0) is 13.2. The number of aromatic nitrogens is 1. The van der Waals surface area contributed by atoms with Crippen molar-refractivity contribution in [1.29, 1.82) is 0 Å². The Bertz CT molecular complexity index is 583. The van der Waals surface area contributed by atoms with Crippen molar-refractivity contribution in [1.82, 2.24) is 4.98 Å². The fraction of sp³-hybridized carbons (Fsp3) is 0.286. The molecule has 1 aliphatic rings. The first-order valence-corrected chi connectivity index (χ1v) is 7.01. The average molecular weight is 274 g/mol. The summed E-state index contributed by atoms with van der Waals surface area (Å²) in [4.78, 5) is 18.2. The van der Waals surface area contributed by atoms with E-state index in [0.29, 0.717) is 6.61 Å². The number of anilines is 1. The summed E-state index contributed by atoms with van der Waals surface area (Å²) < 4.78 is 5.66. The molecule has 1 unspecified atom stereocenters. The number of amides is 1. The van der Waals surface area contributed by atoms with Crippen molar-refractivity contribution in [2.45, 2.75) is 6.42 Å². The van der Waals surface area contributed by atoms with E-state index in [0.717, 1.165) is 22.9 Å². The van der Waals surface area contributed by atoms with Crippen LogP contribution in [0.15, 0.2) is 35.8 Å². The van der Waals surface area contributed by atoms with Crippen LogP contribution in [0.3, 0.4) is 0 Å². The van der Waals surface area contributed by atoms with Crippen LogP contribution in [0.5, 0.6) is 5.75 Å². The first-order valence-electron chi connectivity index (χ1n) is 6.13. The van der Waals surface area contributed by atoms with E-state index in [4.69, 9.17) is 4.74 Å². The lowest BCUT2D eigenvalue weighted by Gasteiger charge is -2.27. The highest BCUT2D eigenvalue weighted by atomic mass is 32.1. The molecule has 19 heavy (non-hydrogen) atoms. The van der Waals surface area contributed by atoms with E-state index in [1.54, 1.807) is 18.1 Å². The zero-order valence-corrected chi connectivity index (χ0v) is 11.4. The second kappa shape index (κ2) is 5.01. The molecule has 0 saturated heterocycles. The summed E-state index contributed by atoms with van der Waals surface area (Å²) in [5.74, 6) is 0.816. The molecule has 3 rings (SSSR count). The minimum absolute atomic E-state index is 0.0597. The van der Waals surface area contributed by atoms with Gasteiger partial charge in [0.1, 0.15) is 12.4 Å². The van der Waals surface area contributed by atoms with E-state index in [1.807, 2.05) is 29.6 Å². The van der Waals surface area contributed by atoms with Crippen LogP contribution < -0.4 is 9.64 Å². The van der Waals surface area contributed by atoms with Gasteiger partial charge in [0.05, 0.1) is 5.92 Å².